The van der Waals surface area contributed by atoms with Gasteiger partial charge in [0.2, 0.25) is 6.79 Å². The molecule has 6 nitrogen and oxygen atoms in total. The molecule has 1 aliphatic heterocycles. The van der Waals surface area contributed by atoms with Gasteiger partial charge in [0.05, 0.1) is 15.9 Å². The SMILES string of the molecule is Nc1ccc(C(=O)N/C(=C\c2ccc3c(c2)OCO3)c2nc3ccccc3s2)cc1. The second-order valence-corrected chi connectivity index (χ2v) is 7.76. The van der Waals surface area contributed by atoms with E-state index >= 15 is 0 Å². The average molecular weight is 415 g/mol. The van der Waals surface area contributed by atoms with Gasteiger partial charge in [-0.25, -0.2) is 4.98 Å². The number of fused-ring (bicyclic) bond motifs is 2. The van der Waals surface area contributed by atoms with Gasteiger partial charge in [-0.05, 0) is 60.2 Å². The summed E-state index contributed by atoms with van der Waals surface area (Å²) in [5, 5.41) is 3.72. The Balaban J connectivity index is 1.54. The Morgan fingerprint density at radius 1 is 1.03 bits per heavy atom. The molecule has 0 fully saturated rings. The second-order valence-electron chi connectivity index (χ2n) is 6.73. The van der Waals surface area contributed by atoms with Crippen molar-refractivity contribution in [2.24, 2.45) is 0 Å². The van der Waals surface area contributed by atoms with E-state index in [9.17, 15) is 4.79 Å². The molecule has 0 spiro atoms. The first-order chi connectivity index (χ1) is 14.7. The summed E-state index contributed by atoms with van der Waals surface area (Å²) in [4.78, 5) is 17.6. The number of nitrogens with two attached hydrogens (primary N) is 1. The number of carbonyl (C=O) groups excluding carboxylic acids is 1. The molecule has 0 bridgehead atoms. The fourth-order valence-electron chi connectivity index (χ4n) is 3.14. The van der Waals surface area contributed by atoms with Gasteiger partial charge in [0.15, 0.2) is 11.5 Å². The summed E-state index contributed by atoms with van der Waals surface area (Å²) in [7, 11) is 0. The maximum atomic E-state index is 12.9. The monoisotopic (exact) mass is 415 g/mol. The summed E-state index contributed by atoms with van der Waals surface area (Å²) in [5.41, 5.74) is 9.22. The molecule has 0 unspecified atom stereocenters. The van der Waals surface area contributed by atoms with Crippen LogP contribution in [0.25, 0.3) is 22.0 Å². The van der Waals surface area contributed by atoms with E-state index in [1.54, 1.807) is 24.3 Å². The molecule has 1 aromatic heterocycles. The summed E-state index contributed by atoms with van der Waals surface area (Å²) >= 11 is 1.52. The zero-order chi connectivity index (χ0) is 20.5. The van der Waals surface area contributed by atoms with Crippen LogP contribution in [0.5, 0.6) is 11.5 Å². The molecule has 1 amide bonds. The third-order valence-electron chi connectivity index (χ3n) is 4.65. The molecule has 30 heavy (non-hydrogen) atoms. The fourth-order valence-corrected chi connectivity index (χ4v) is 4.07. The normalized spacial score (nSPS) is 12.9. The van der Waals surface area contributed by atoms with Crippen molar-refractivity contribution < 1.29 is 14.3 Å². The number of amides is 1. The molecule has 4 aromatic rings. The predicted octanol–water partition coefficient (Wildman–Crippen LogP) is 4.54. The van der Waals surface area contributed by atoms with Crippen molar-refractivity contribution in [2.75, 3.05) is 12.5 Å². The lowest BCUT2D eigenvalue weighted by Crippen LogP contribution is -2.21. The van der Waals surface area contributed by atoms with Crippen molar-refractivity contribution >= 4 is 44.9 Å². The van der Waals surface area contributed by atoms with Gasteiger partial charge in [-0.3, -0.25) is 4.79 Å². The highest BCUT2D eigenvalue weighted by Gasteiger charge is 2.16. The van der Waals surface area contributed by atoms with Crippen LogP contribution >= 0.6 is 11.3 Å². The first-order valence-corrected chi connectivity index (χ1v) is 10.1. The Morgan fingerprint density at radius 2 is 1.83 bits per heavy atom. The quantitative estimate of drug-likeness (QED) is 0.478. The molecule has 3 aromatic carbocycles. The standard InChI is InChI=1S/C23H17N3O3S/c24-16-8-6-15(7-9-16)22(27)25-18(23-26-17-3-1-2-4-21(17)30-23)11-14-5-10-19-20(12-14)29-13-28-19/h1-12H,13,24H2,(H,25,27)/b18-11-. The molecule has 3 N–H and O–H groups in total. The highest BCUT2D eigenvalue weighted by atomic mass is 32.1. The van der Waals surface area contributed by atoms with E-state index in [0.29, 0.717) is 28.4 Å². The lowest BCUT2D eigenvalue weighted by Gasteiger charge is -2.09. The largest absolute Gasteiger partial charge is 0.454 e. The molecule has 5 rings (SSSR count). The van der Waals surface area contributed by atoms with Gasteiger partial charge in [0, 0.05) is 11.3 Å². The van der Waals surface area contributed by atoms with E-state index in [1.807, 2.05) is 48.5 Å². The molecule has 0 saturated heterocycles. The number of nitrogen functional groups attached to an aromatic ring is 1. The van der Waals surface area contributed by atoms with Crippen LogP contribution in [0.2, 0.25) is 0 Å². The van der Waals surface area contributed by atoms with Gasteiger partial charge in [-0.1, -0.05) is 18.2 Å². The van der Waals surface area contributed by atoms with Gasteiger partial charge in [-0.2, -0.15) is 0 Å². The van der Waals surface area contributed by atoms with Crippen LogP contribution < -0.4 is 20.5 Å². The maximum Gasteiger partial charge on any atom is 0.255 e. The van der Waals surface area contributed by atoms with Crippen molar-refractivity contribution in [1.29, 1.82) is 0 Å². The molecular formula is C23H17N3O3S. The third kappa shape index (κ3) is 3.58. The minimum Gasteiger partial charge on any atom is -0.454 e. The Kier molecular flexibility index (Phi) is 4.57. The van der Waals surface area contributed by atoms with Crippen molar-refractivity contribution in [2.45, 2.75) is 0 Å². The lowest BCUT2D eigenvalue weighted by atomic mass is 10.1. The Hall–Kier alpha value is -3.84. The van der Waals surface area contributed by atoms with Crippen LogP contribution in [0.1, 0.15) is 20.9 Å². The first kappa shape index (κ1) is 18.2. The van der Waals surface area contributed by atoms with Crippen molar-refractivity contribution in [3.05, 3.63) is 82.9 Å². The van der Waals surface area contributed by atoms with E-state index < -0.39 is 0 Å². The zero-order valence-electron chi connectivity index (χ0n) is 15.8. The van der Waals surface area contributed by atoms with Gasteiger partial charge in [-0.15, -0.1) is 11.3 Å². The molecule has 7 heteroatoms. The van der Waals surface area contributed by atoms with E-state index in [4.69, 9.17) is 20.2 Å². The number of hydrogen-bond acceptors (Lipinski definition) is 6. The lowest BCUT2D eigenvalue weighted by molar-refractivity contribution is 0.0974. The van der Waals surface area contributed by atoms with Crippen molar-refractivity contribution in [1.82, 2.24) is 10.3 Å². The Labute approximate surface area is 176 Å². The molecule has 2 heterocycles. The van der Waals surface area contributed by atoms with Gasteiger partial charge >= 0.3 is 0 Å². The van der Waals surface area contributed by atoms with E-state index in [-0.39, 0.29) is 12.7 Å². The highest BCUT2D eigenvalue weighted by Crippen LogP contribution is 2.34. The molecule has 1 aliphatic rings. The number of ether oxygens (including phenoxy) is 2. The van der Waals surface area contributed by atoms with Crippen LogP contribution in [-0.4, -0.2) is 17.7 Å². The van der Waals surface area contributed by atoms with Gasteiger partial charge < -0.3 is 20.5 Å². The summed E-state index contributed by atoms with van der Waals surface area (Å²) in [6.45, 7) is 0.209. The number of rotatable bonds is 4. The van der Waals surface area contributed by atoms with Crippen LogP contribution in [0.3, 0.4) is 0 Å². The number of aromatic nitrogens is 1. The number of hydrogen-bond donors (Lipinski definition) is 2. The molecular weight excluding hydrogens is 398 g/mol. The number of carbonyl (C=O) groups is 1. The second kappa shape index (κ2) is 7.53. The summed E-state index contributed by atoms with van der Waals surface area (Å²) in [5.74, 6) is 1.15. The van der Waals surface area contributed by atoms with Crippen molar-refractivity contribution in [3.8, 4) is 11.5 Å². The predicted molar refractivity (Wildman–Crippen MR) is 118 cm³/mol. The Morgan fingerprint density at radius 3 is 2.67 bits per heavy atom. The number of nitrogens with zero attached hydrogens (tertiary/aromatic N) is 1. The van der Waals surface area contributed by atoms with E-state index in [1.165, 1.54) is 11.3 Å². The summed E-state index contributed by atoms with van der Waals surface area (Å²) in [6.07, 6.45) is 1.88. The molecule has 0 aliphatic carbocycles. The molecule has 148 valence electrons. The molecule has 0 saturated carbocycles. The maximum absolute atomic E-state index is 12.9. The summed E-state index contributed by atoms with van der Waals surface area (Å²) < 4.78 is 11.9. The number of nitrogens with one attached hydrogen (secondary N) is 1. The van der Waals surface area contributed by atoms with E-state index in [0.717, 1.165) is 20.8 Å². The Bertz CT molecular complexity index is 1250. The van der Waals surface area contributed by atoms with Crippen LogP contribution in [0, 0.1) is 0 Å². The molecule has 0 radical (unpaired) electrons. The number of para-hydroxylation sites is 1. The van der Waals surface area contributed by atoms with Crippen LogP contribution in [0.15, 0.2) is 66.7 Å². The topological polar surface area (TPSA) is 86.5 Å². The smallest absolute Gasteiger partial charge is 0.255 e. The van der Waals surface area contributed by atoms with Gasteiger partial charge in [0.1, 0.15) is 5.01 Å². The highest BCUT2D eigenvalue weighted by molar-refractivity contribution is 7.19. The number of thiazole rings is 1. The summed E-state index contributed by atoms with van der Waals surface area (Å²) in [6, 6.07) is 20.3. The van der Waals surface area contributed by atoms with E-state index in [2.05, 4.69) is 5.32 Å². The third-order valence-corrected chi connectivity index (χ3v) is 5.72. The number of benzene rings is 3. The fraction of sp³-hybridized carbons (Fsp3) is 0.0435. The minimum atomic E-state index is -0.235. The van der Waals surface area contributed by atoms with Crippen molar-refractivity contribution in [3.63, 3.8) is 0 Å². The average Bonchev–Trinajstić information content (AvgIpc) is 3.40. The first-order valence-electron chi connectivity index (χ1n) is 9.30. The minimum absolute atomic E-state index is 0.209. The van der Waals surface area contributed by atoms with Crippen LogP contribution in [-0.2, 0) is 0 Å². The molecule has 0 atom stereocenters. The van der Waals surface area contributed by atoms with Gasteiger partial charge in [0.25, 0.3) is 5.91 Å². The zero-order valence-corrected chi connectivity index (χ0v) is 16.6. The number of anilines is 1. The van der Waals surface area contributed by atoms with Crippen LogP contribution in [0.4, 0.5) is 5.69 Å².